The van der Waals surface area contributed by atoms with E-state index >= 15 is 0 Å². The number of thioether (sulfide) groups is 1. The minimum atomic E-state index is -0.273. The Morgan fingerprint density at radius 1 is 1.25 bits per heavy atom. The zero-order chi connectivity index (χ0) is 16.7. The lowest BCUT2D eigenvalue weighted by molar-refractivity contribution is 0.0962. The number of benzene rings is 1. The molecule has 0 radical (unpaired) electrons. The van der Waals surface area contributed by atoms with Crippen LogP contribution in [-0.4, -0.2) is 31.1 Å². The van der Waals surface area contributed by atoms with Gasteiger partial charge in [-0.05, 0) is 35.8 Å². The quantitative estimate of drug-likeness (QED) is 0.684. The number of carbonyl (C=O) groups is 1. The van der Waals surface area contributed by atoms with Gasteiger partial charge in [-0.2, -0.15) is 4.98 Å². The van der Waals surface area contributed by atoms with Gasteiger partial charge in [0.05, 0.1) is 11.3 Å². The Morgan fingerprint density at radius 3 is 2.79 bits per heavy atom. The summed E-state index contributed by atoms with van der Waals surface area (Å²) in [4.78, 5) is 21.5. The molecule has 3 aromatic rings. The number of hydrogen-bond donors (Lipinski definition) is 0. The Labute approximate surface area is 142 Å². The van der Waals surface area contributed by atoms with E-state index < -0.39 is 0 Å². The van der Waals surface area contributed by atoms with Gasteiger partial charge in [0.1, 0.15) is 5.82 Å². The van der Waals surface area contributed by atoms with Crippen LogP contribution in [0.1, 0.15) is 40.9 Å². The molecule has 0 saturated carbocycles. The van der Waals surface area contributed by atoms with Crippen molar-refractivity contribution < 1.29 is 9.18 Å². The van der Waals surface area contributed by atoms with Gasteiger partial charge in [0.25, 0.3) is 5.78 Å². The number of hydrogen-bond acceptors (Lipinski definition) is 5. The maximum atomic E-state index is 13.1. The molecule has 0 N–H and O–H groups in total. The molecule has 0 fully saturated rings. The summed E-state index contributed by atoms with van der Waals surface area (Å²) in [6, 6.07) is 6.34. The molecule has 2 heterocycles. The van der Waals surface area contributed by atoms with Crippen LogP contribution in [0.5, 0.6) is 0 Å². The summed E-state index contributed by atoms with van der Waals surface area (Å²) in [5.74, 6) is 1.18. The molecular weight excluding hydrogens is 327 g/mol. The van der Waals surface area contributed by atoms with Gasteiger partial charge >= 0.3 is 0 Å². The van der Waals surface area contributed by atoms with Crippen molar-refractivity contribution in [3.05, 3.63) is 53.1 Å². The second kappa shape index (κ2) is 5.98. The van der Waals surface area contributed by atoms with Gasteiger partial charge in [0, 0.05) is 12.6 Å². The third-order valence-corrected chi connectivity index (χ3v) is 4.90. The zero-order valence-electron chi connectivity index (χ0n) is 13.1. The maximum absolute atomic E-state index is 13.1. The third kappa shape index (κ3) is 2.69. The molecule has 1 aliphatic carbocycles. The summed E-state index contributed by atoms with van der Waals surface area (Å²) < 4.78 is 14.7. The van der Waals surface area contributed by atoms with Crippen LogP contribution in [-0.2, 0) is 6.42 Å². The van der Waals surface area contributed by atoms with Crippen LogP contribution < -0.4 is 0 Å². The van der Waals surface area contributed by atoms with E-state index in [-0.39, 0.29) is 17.5 Å². The lowest BCUT2D eigenvalue weighted by Crippen LogP contribution is -2.21. The van der Waals surface area contributed by atoms with E-state index in [0.717, 1.165) is 17.0 Å². The number of nitrogens with zero attached hydrogens (tertiary/aromatic N) is 4. The fourth-order valence-electron chi connectivity index (χ4n) is 3.03. The molecule has 0 saturated heterocycles. The van der Waals surface area contributed by atoms with Gasteiger partial charge in [0.2, 0.25) is 5.16 Å². The van der Waals surface area contributed by atoms with Gasteiger partial charge in [-0.25, -0.2) is 13.9 Å². The molecular formula is C17H15FN4OS. The van der Waals surface area contributed by atoms with Crippen LogP contribution in [0.25, 0.3) is 5.78 Å². The molecule has 5 nitrogen and oxygen atoms in total. The summed E-state index contributed by atoms with van der Waals surface area (Å²) >= 11 is 1.54. The van der Waals surface area contributed by atoms with Crippen LogP contribution in [0, 0.1) is 5.82 Å². The Kier molecular flexibility index (Phi) is 3.80. The van der Waals surface area contributed by atoms with Gasteiger partial charge in [-0.15, -0.1) is 5.10 Å². The molecule has 122 valence electrons. The van der Waals surface area contributed by atoms with E-state index in [2.05, 4.69) is 15.1 Å². The average molecular weight is 342 g/mol. The molecule has 1 atom stereocenters. The van der Waals surface area contributed by atoms with E-state index in [9.17, 15) is 9.18 Å². The number of rotatable bonds is 3. The van der Waals surface area contributed by atoms with Crippen molar-refractivity contribution in [2.24, 2.45) is 0 Å². The highest BCUT2D eigenvalue weighted by atomic mass is 32.2. The Bertz CT molecular complexity index is 922. The molecule has 0 aliphatic heterocycles. The first-order valence-corrected chi connectivity index (χ1v) is 8.80. The second-order valence-electron chi connectivity index (χ2n) is 5.75. The average Bonchev–Trinajstić information content (AvgIpc) is 2.95. The van der Waals surface area contributed by atoms with E-state index in [4.69, 9.17) is 0 Å². The summed E-state index contributed by atoms with van der Waals surface area (Å²) in [7, 11) is 0. The van der Waals surface area contributed by atoms with E-state index in [1.165, 1.54) is 23.9 Å². The molecule has 0 bridgehead atoms. The van der Waals surface area contributed by atoms with Crippen molar-refractivity contribution in [2.75, 3.05) is 5.75 Å². The summed E-state index contributed by atoms with van der Waals surface area (Å²) in [6.45, 7) is 2.03. The fraction of sp³-hybridized carbons (Fsp3) is 0.294. The summed E-state index contributed by atoms with van der Waals surface area (Å²) in [5, 5.41) is 5.01. The molecule has 0 amide bonds. The summed E-state index contributed by atoms with van der Waals surface area (Å²) in [6.07, 6.45) is 2.77. The van der Waals surface area contributed by atoms with E-state index in [1.54, 1.807) is 22.8 Å². The fourth-order valence-corrected chi connectivity index (χ4v) is 3.58. The monoisotopic (exact) mass is 342 g/mol. The van der Waals surface area contributed by atoms with Crippen LogP contribution in [0.4, 0.5) is 4.39 Å². The molecule has 7 heteroatoms. The van der Waals surface area contributed by atoms with Crippen molar-refractivity contribution >= 4 is 23.3 Å². The van der Waals surface area contributed by atoms with E-state index in [0.29, 0.717) is 29.3 Å². The molecule has 2 aromatic heterocycles. The van der Waals surface area contributed by atoms with Crippen LogP contribution in [0.2, 0.25) is 0 Å². The lowest BCUT2D eigenvalue weighted by atomic mass is 9.82. The second-order valence-corrected chi connectivity index (χ2v) is 6.98. The van der Waals surface area contributed by atoms with Gasteiger partial charge in [0.15, 0.2) is 5.78 Å². The molecule has 4 rings (SSSR count). The van der Waals surface area contributed by atoms with Crippen molar-refractivity contribution in [1.82, 2.24) is 19.6 Å². The zero-order valence-corrected chi connectivity index (χ0v) is 13.9. The third-order valence-electron chi connectivity index (χ3n) is 4.18. The highest BCUT2D eigenvalue weighted by Gasteiger charge is 2.28. The standard InChI is InChI=1S/C17H15FN4OS/c1-2-24-17-20-16-19-14-7-11(10-3-5-12(18)6-4-10)8-15(23)13(14)9-22(16)21-17/h3-6,9,11H,2,7-8H2,1H3. The van der Waals surface area contributed by atoms with Crippen molar-refractivity contribution in [1.29, 1.82) is 0 Å². The Balaban J connectivity index is 1.72. The van der Waals surface area contributed by atoms with Crippen molar-refractivity contribution in [2.45, 2.75) is 30.8 Å². The number of halogens is 1. The highest BCUT2D eigenvalue weighted by molar-refractivity contribution is 7.99. The highest BCUT2D eigenvalue weighted by Crippen LogP contribution is 2.32. The number of carbonyl (C=O) groups excluding carboxylic acids is 1. The largest absolute Gasteiger partial charge is 0.294 e. The molecule has 1 aliphatic rings. The maximum Gasteiger partial charge on any atom is 0.253 e. The first-order chi connectivity index (χ1) is 11.6. The molecule has 1 aromatic carbocycles. The molecule has 0 spiro atoms. The Hall–Kier alpha value is -2.28. The van der Waals surface area contributed by atoms with Crippen molar-refractivity contribution in [3.8, 4) is 0 Å². The van der Waals surface area contributed by atoms with Crippen molar-refractivity contribution in [3.63, 3.8) is 0 Å². The predicted octanol–water partition coefficient (Wildman–Crippen LogP) is 3.29. The van der Waals surface area contributed by atoms with E-state index in [1.807, 2.05) is 6.92 Å². The number of Topliss-reactive ketones (excluding diaryl/α,β-unsaturated/α-hetero) is 1. The number of aromatic nitrogens is 4. The van der Waals surface area contributed by atoms with Gasteiger partial charge < -0.3 is 0 Å². The topological polar surface area (TPSA) is 60.1 Å². The Morgan fingerprint density at radius 2 is 2.04 bits per heavy atom. The number of ketones is 1. The lowest BCUT2D eigenvalue weighted by Gasteiger charge is -2.23. The summed E-state index contributed by atoms with van der Waals surface area (Å²) in [5.41, 5.74) is 2.31. The minimum absolute atomic E-state index is 0.0213. The normalized spacial score (nSPS) is 17.2. The van der Waals surface area contributed by atoms with Gasteiger partial charge in [-0.3, -0.25) is 4.79 Å². The van der Waals surface area contributed by atoms with Crippen LogP contribution >= 0.6 is 11.8 Å². The molecule has 1 unspecified atom stereocenters. The first kappa shape index (κ1) is 15.3. The van der Waals surface area contributed by atoms with Gasteiger partial charge in [-0.1, -0.05) is 30.8 Å². The SMILES string of the molecule is CCSc1nc2nc3c(cn2n1)C(=O)CC(c1ccc(F)cc1)C3. The number of fused-ring (bicyclic) bond motifs is 2. The first-order valence-electron chi connectivity index (χ1n) is 7.82. The minimum Gasteiger partial charge on any atom is -0.294 e. The van der Waals surface area contributed by atoms with Crippen LogP contribution in [0.15, 0.2) is 35.6 Å². The smallest absolute Gasteiger partial charge is 0.253 e. The molecule has 24 heavy (non-hydrogen) atoms. The predicted molar refractivity (Wildman–Crippen MR) is 89.0 cm³/mol. The van der Waals surface area contributed by atoms with Crippen LogP contribution in [0.3, 0.4) is 0 Å².